The summed E-state index contributed by atoms with van der Waals surface area (Å²) < 4.78 is 12.2. The molecule has 2 saturated heterocycles. The molecule has 0 unspecified atom stereocenters. The molecule has 0 amide bonds. The SMILES string of the molecule is C[C@]12C[C@H](c3ccc(N4CCCCC4)cc3)C3=C4CCC5(C[C@]4(O)CC[C@H]3[C@@H]1CC[C@@]2(N)CCCO)OCCO5. The number of ether oxygens (including phenoxy) is 2. The molecule has 220 valence electrons. The predicted molar refractivity (Wildman–Crippen MR) is 157 cm³/mol. The van der Waals surface area contributed by atoms with Gasteiger partial charge < -0.3 is 30.3 Å². The van der Waals surface area contributed by atoms with E-state index in [1.54, 1.807) is 0 Å². The van der Waals surface area contributed by atoms with Crippen LogP contribution in [0.3, 0.4) is 0 Å². The lowest BCUT2D eigenvalue weighted by molar-refractivity contribution is -0.208. The molecule has 2 heterocycles. The van der Waals surface area contributed by atoms with E-state index in [9.17, 15) is 10.2 Å². The molecule has 3 saturated carbocycles. The van der Waals surface area contributed by atoms with Crippen LogP contribution in [0.25, 0.3) is 0 Å². The first-order valence-electron chi connectivity index (χ1n) is 16.3. The highest BCUT2D eigenvalue weighted by Gasteiger charge is 2.63. The number of allylic oxidation sites excluding steroid dienone is 1. The quantitative estimate of drug-likeness (QED) is 0.425. The summed E-state index contributed by atoms with van der Waals surface area (Å²) >= 11 is 0. The van der Waals surface area contributed by atoms with E-state index in [0.717, 1.165) is 70.9 Å². The topological polar surface area (TPSA) is 88.2 Å². The lowest BCUT2D eigenvalue weighted by Crippen LogP contribution is -2.58. The van der Waals surface area contributed by atoms with Gasteiger partial charge in [0.2, 0.25) is 0 Å². The van der Waals surface area contributed by atoms with Gasteiger partial charge in [-0.1, -0.05) is 24.6 Å². The maximum absolute atomic E-state index is 12.3. The van der Waals surface area contributed by atoms with Crippen LogP contribution in [-0.4, -0.2) is 60.1 Å². The number of fused-ring (bicyclic) bond motifs is 4. The average Bonchev–Trinajstić information content (AvgIpc) is 3.52. The van der Waals surface area contributed by atoms with Crippen LogP contribution < -0.4 is 10.6 Å². The molecule has 1 spiro atoms. The Morgan fingerprint density at radius 1 is 1.00 bits per heavy atom. The number of piperidine rings is 1. The number of nitrogens with two attached hydrogens (primary N) is 1. The van der Waals surface area contributed by atoms with E-state index < -0.39 is 11.4 Å². The van der Waals surface area contributed by atoms with Gasteiger partial charge in [-0.3, -0.25) is 0 Å². The van der Waals surface area contributed by atoms with Crippen LogP contribution in [0.2, 0.25) is 0 Å². The third kappa shape index (κ3) is 4.23. The molecule has 6 nitrogen and oxygen atoms in total. The zero-order chi connectivity index (χ0) is 27.6. The summed E-state index contributed by atoms with van der Waals surface area (Å²) in [5.41, 5.74) is 11.8. The Bertz CT molecular complexity index is 1120. The zero-order valence-electron chi connectivity index (χ0n) is 24.5. The highest BCUT2D eigenvalue weighted by Crippen LogP contribution is 2.68. The predicted octanol–water partition coefficient (Wildman–Crippen LogP) is 5.42. The van der Waals surface area contributed by atoms with Gasteiger partial charge in [-0.05, 0) is 111 Å². The fourth-order valence-electron chi connectivity index (χ4n) is 10.3. The highest BCUT2D eigenvalue weighted by atomic mass is 16.7. The monoisotopic (exact) mass is 550 g/mol. The van der Waals surface area contributed by atoms with Gasteiger partial charge in [-0.2, -0.15) is 0 Å². The second-order valence-electron chi connectivity index (χ2n) is 14.3. The number of aliphatic hydroxyl groups excluding tert-OH is 1. The molecule has 1 aromatic rings. The second kappa shape index (κ2) is 10.1. The van der Waals surface area contributed by atoms with Crippen LogP contribution in [0.5, 0.6) is 0 Å². The van der Waals surface area contributed by atoms with Gasteiger partial charge in [0, 0.05) is 49.7 Å². The van der Waals surface area contributed by atoms with Gasteiger partial charge in [0.05, 0.1) is 18.8 Å². The Balaban J connectivity index is 1.29. The van der Waals surface area contributed by atoms with Gasteiger partial charge in [-0.15, -0.1) is 0 Å². The van der Waals surface area contributed by atoms with Crippen molar-refractivity contribution in [3.8, 4) is 0 Å². The first kappa shape index (κ1) is 27.4. The van der Waals surface area contributed by atoms with Crippen molar-refractivity contribution < 1.29 is 19.7 Å². The van der Waals surface area contributed by atoms with Gasteiger partial charge in [-0.25, -0.2) is 0 Å². The summed E-state index contributed by atoms with van der Waals surface area (Å²) in [6.45, 7) is 6.24. The Hall–Kier alpha value is -1.44. The third-order valence-corrected chi connectivity index (χ3v) is 12.5. The van der Waals surface area contributed by atoms with Crippen LogP contribution in [0.4, 0.5) is 5.69 Å². The van der Waals surface area contributed by atoms with Crippen molar-refractivity contribution in [1.29, 1.82) is 0 Å². The molecule has 7 rings (SSSR count). The fraction of sp³-hybridized carbons (Fsp3) is 0.765. The minimum atomic E-state index is -0.844. The maximum Gasteiger partial charge on any atom is 0.171 e. The van der Waals surface area contributed by atoms with Gasteiger partial charge >= 0.3 is 0 Å². The lowest BCUT2D eigenvalue weighted by atomic mass is 9.49. The number of aliphatic hydroxyl groups is 2. The average molecular weight is 551 g/mol. The van der Waals surface area contributed by atoms with Crippen LogP contribution in [0, 0.1) is 17.3 Å². The van der Waals surface area contributed by atoms with Gasteiger partial charge in [0.15, 0.2) is 5.79 Å². The number of benzene rings is 1. The molecule has 6 atom stereocenters. The number of rotatable bonds is 5. The number of nitrogens with zero attached hydrogens (tertiary/aromatic N) is 1. The Morgan fingerprint density at radius 2 is 1.75 bits per heavy atom. The molecular formula is C34H50N2O4. The summed E-state index contributed by atoms with van der Waals surface area (Å²) in [5, 5.41) is 22.0. The molecule has 4 aliphatic carbocycles. The second-order valence-corrected chi connectivity index (χ2v) is 14.3. The summed E-state index contributed by atoms with van der Waals surface area (Å²) in [4.78, 5) is 2.54. The molecule has 1 aromatic carbocycles. The standard InChI is InChI=1S/C34H50N2O4/c1-31-22-27(24-6-8-25(9-7-24)36-17-3-2-4-18-36)30-26(28(31)11-15-33(31,35)13-5-19-37)10-14-32(38)23-34(16-12-29(30)32)39-20-21-40-34/h6-9,26-28,37-38H,2-5,10-23,35H2,1H3/t26-,27+,28-,31-,32+,33-/m0/s1. The summed E-state index contributed by atoms with van der Waals surface area (Å²) in [6.07, 6.45) is 12.8. The van der Waals surface area contributed by atoms with Crippen LogP contribution in [0.15, 0.2) is 35.4 Å². The van der Waals surface area contributed by atoms with Crippen molar-refractivity contribution in [2.75, 3.05) is 37.8 Å². The van der Waals surface area contributed by atoms with Crippen molar-refractivity contribution in [2.24, 2.45) is 23.0 Å². The van der Waals surface area contributed by atoms with Crippen molar-refractivity contribution in [2.45, 2.75) is 113 Å². The van der Waals surface area contributed by atoms with E-state index in [1.165, 1.54) is 41.7 Å². The molecule has 0 aromatic heterocycles. The van der Waals surface area contributed by atoms with Gasteiger partial charge in [0.25, 0.3) is 0 Å². The molecular weight excluding hydrogens is 500 g/mol. The van der Waals surface area contributed by atoms with E-state index in [2.05, 4.69) is 36.1 Å². The van der Waals surface area contributed by atoms with Crippen molar-refractivity contribution in [3.63, 3.8) is 0 Å². The number of hydrogen-bond donors (Lipinski definition) is 3. The summed E-state index contributed by atoms with van der Waals surface area (Å²) in [6, 6.07) is 9.45. The molecule has 40 heavy (non-hydrogen) atoms. The number of hydrogen-bond acceptors (Lipinski definition) is 6. The molecule has 2 aliphatic heterocycles. The van der Waals surface area contributed by atoms with E-state index in [1.807, 2.05) is 0 Å². The minimum Gasteiger partial charge on any atom is -0.396 e. The Kier molecular flexibility index (Phi) is 6.91. The maximum atomic E-state index is 12.3. The minimum absolute atomic E-state index is 0.0100. The fourth-order valence-corrected chi connectivity index (χ4v) is 10.3. The van der Waals surface area contributed by atoms with Crippen LogP contribution in [-0.2, 0) is 9.47 Å². The van der Waals surface area contributed by atoms with E-state index in [0.29, 0.717) is 31.5 Å². The molecule has 6 aliphatic rings. The molecule has 5 fully saturated rings. The van der Waals surface area contributed by atoms with E-state index in [-0.39, 0.29) is 23.5 Å². The van der Waals surface area contributed by atoms with Crippen molar-refractivity contribution in [3.05, 3.63) is 41.0 Å². The first-order chi connectivity index (χ1) is 19.3. The molecule has 0 bridgehead atoms. The van der Waals surface area contributed by atoms with Crippen LogP contribution >= 0.6 is 0 Å². The normalized spacial score (nSPS) is 40.7. The van der Waals surface area contributed by atoms with E-state index in [4.69, 9.17) is 15.2 Å². The molecule has 4 N–H and O–H groups in total. The highest BCUT2D eigenvalue weighted by molar-refractivity contribution is 5.51. The smallest absolute Gasteiger partial charge is 0.171 e. The third-order valence-electron chi connectivity index (χ3n) is 12.5. The lowest BCUT2D eigenvalue weighted by Gasteiger charge is -2.58. The summed E-state index contributed by atoms with van der Waals surface area (Å²) in [5.74, 6) is 0.643. The van der Waals surface area contributed by atoms with Crippen molar-refractivity contribution in [1.82, 2.24) is 0 Å². The first-order valence-corrected chi connectivity index (χ1v) is 16.3. The largest absolute Gasteiger partial charge is 0.396 e. The zero-order valence-corrected chi connectivity index (χ0v) is 24.5. The van der Waals surface area contributed by atoms with Crippen molar-refractivity contribution >= 4 is 5.69 Å². The van der Waals surface area contributed by atoms with Crippen LogP contribution in [0.1, 0.15) is 102 Å². The molecule has 0 radical (unpaired) electrons. The molecule has 6 heteroatoms. The number of anilines is 1. The van der Waals surface area contributed by atoms with Gasteiger partial charge in [0.1, 0.15) is 0 Å². The Morgan fingerprint density at radius 3 is 2.48 bits per heavy atom. The van der Waals surface area contributed by atoms with E-state index >= 15 is 0 Å². The summed E-state index contributed by atoms with van der Waals surface area (Å²) in [7, 11) is 0. The Labute approximate surface area is 240 Å².